The summed E-state index contributed by atoms with van der Waals surface area (Å²) in [5.74, 6) is 1.48. The minimum absolute atomic E-state index is 0.00673. The van der Waals surface area contributed by atoms with Crippen molar-refractivity contribution in [3.05, 3.63) is 29.8 Å². The number of carbonyl (C=O) groups excluding carboxylic acids is 1. The predicted octanol–water partition coefficient (Wildman–Crippen LogP) is 0.541. The first-order valence-electron chi connectivity index (χ1n) is 9.74. The van der Waals surface area contributed by atoms with Crippen LogP contribution in [0.3, 0.4) is 0 Å². The second-order valence-electron chi connectivity index (χ2n) is 6.89. The van der Waals surface area contributed by atoms with E-state index in [4.69, 9.17) is 9.47 Å². The molecule has 1 fully saturated rings. The van der Waals surface area contributed by atoms with Crippen molar-refractivity contribution < 1.29 is 14.3 Å². The van der Waals surface area contributed by atoms with Gasteiger partial charge in [-0.3, -0.25) is 9.69 Å². The molecule has 0 atom stereocenters. The summed E-state index contributed by atoms with van der Waals surface area (Å²) in [6.45, 7) is 6.18. The van der Waals surface area contributed by atoms with Gasteiger partial charge < -0.3 is 25.0 Å². The zero-order valence-corrected chi connectivity index (χ0v) is 17.2. The molecule has 0 saturated carbocycles. The highest BCUT2D eigenvalue weighted by atomic mass is 16.5. The van der Waals surface area contributed by atoms with E-state index in [2.05, 4.69) is 20.5 Å². The van der Waals surface area contributed by atoms with Gasteiger partial charge in [-0.2, -0.15) is 0 Å². The summed E-state index contributed by atoms with van der Waals surface area (Å²) >= 11 is 0. The second kappa shape index (κ2) is 12.2. The molecule has 1 heterocycles. The lowest BCUT2D eigenvalue weighted by Gasteiger charge is -2.26. The van der Waals surface area contributed by atoms with Gasteiger partial charge in [-0.1, -0.05) is 12.1 Å². The molecule has 1 aromatic carbocycles. The van der Waals surface area contributed by atoms with E-state index in [1.165, 1.54) is 0 Å². The van der Waals surface area contributed by atoms with Crippen LogP contribution in [0.2, 0.25) is 0 Å². The van der Waals surface area contributed by atoms with Crippen molar-refractivity contribution >= 4 is 11.9 Å². The number of amides is 1. The Labute approximate surface area is 167 Å². The average molecular weight is 392 g/mol. The number of nitrogens with zero attached hydrogens (tertiary/aromatic N) is 3. The van der Waals surface area contributed by atoms with Crippen LogP contribution in [0.4, 0.5) is 0 Å². The number of ether oxygens (including phenoxy) is 2. The number of morpholine rings is 1. The van der Waals surface area contributed by atoms with Crippen LogP contribution in [-0.4, -0.2) is 88.8 Å². The van der Waals surface area contributed by atoms with Gasteiger partial charge in [0.25, 0.3) is 0 Å². The van der Waals surface area contributed by atoms with Crippen LogP contribution in [0.1, 0.15) is 12.0 Å². The molecular formula is C20H33N5O3. The normalized spacial score (nSPS) is 15.2. The van der Waals surface area contributed by atoms with Crippen molar-refractivity contribution in [3.8, 4) is 5.75 Å². The number of likely N-dealkylation sites (N-methyl/N-ethyl adjacent to an activating group) is 1. The van der Waals surface area contributed by atoms with E-state index >= 15 is 0 Å². The van der Waals surface area contributed by atoms with E-state index in [-0.39, 0.29) is 12.5 Å². The lowest BCUT2D eigenvalue weighted by molar-refractivity contribution is -0.127. The molecule has 28 heavy (non-hydrogen) atoms. The minimum Gasteiger partial charge on any atom is -0.497 e. The largest absolute Gasteiger partial charge is 0.497 e. The summed E-state index contributed by atoms with van der Waals surface area (Å²) in [5.41, 5.74) is 1.08. The number of hydrogen-bond acceptors (Lipinski definition) is 5. The molecule has 1 saturated heterocycles. The van der Waals surface area contributed by atoms with Crippen LogP contribution >= 0.6 is 0 Å². The van der Waals surface area contributed by atoms with Crippen molar-refractivity contribution in [1.82, 2.24) is 20.4 Å². The maximum Gasteiger partial charge on any atom is 0.241 e. The molecule has 0 aliphatic carbocycles. The Bertz CT molecular complexity index is 613. The van der Waals surface area contributed by atoms with Crippen LogP contribution in [0, 0.1) is 0 Å². The number of benzene rings is 1. The predicted molar refractivity (Wildman–Crippen MR) is 111 cm³/mol. The molecule has 8 nitrogen and oxygen atoms in total. The molecule has 156 valence electrons. The quantitative estimate of drug-likeness (QED) is 0.363. The van der Waals surface area contributed by atoms with Crippen LogP contribution in [0.25, 0.3) is 0 Å². The highest BCUT2D eigenvalue weighted by molar-refractivity contribution is 5.86. The highest BCUT2D eigenvalue weighted by Gasteiger charge is 2.10. The summed E-state index contributed by atoms with van der Waals surface area (Å²) in [6.07, 6.45) is 1.00. The zero-order valence-electron chi connectivity index (χ0n) is 17.2. The summed E-state index contributed by atoms with van der Waals surface area (Å²) < 4.78 is 10.6. The molecule has 8 heteroatoms. The fraction of sp³-hybridized carbons (Fsp3) is 0.600. The fourth-order valence-corrected chi connectivity index (χ4v) is 2.73. The van der Waals surface area contributed by atoms with E-state index in [0.29, 0.717) is 12.5 Å². The van der Waals surface area contributed by atoms with Crippen molar-refractivity contribution in [3.63, 3.8) is 0 Å². The number of methoxy groups -OCH3 is 1. The number of rotatable bonds is 9. The highest BCUT2D eigenvalue weighted by Crippen LogP contribution is 2.11. The Morgan fingerprint density at radius 3 is 2.57 bits per heavy atom. The molecule has 0 bridgehead atoms. The maximum atomic E-state index is 11.9. The standard InChI is InChI=1S/C20H33N5O3/c1-24(2)19(26)16-23-20(21-9-4-10-25-11-13-28-14-12-25)22-15-17-5-7-18(27-3)8-6-17/h5-8H,4,9-16H2,1-3H3,(H2,21,22,23). The lowest BCUT2D eigenvalue weighted by Crippen LogP contribution is -2.44. The second-order valence-corrected chi connectivity index (χ2v) is 6.89. The Morgan fingerprint density at radius 2 is 1.93 bits per heavy atom. The molecule has 1 aliphatic heterocycles. The number of hydrogen-bond donors (Lipinski definition) is 2. The lowest BCUT2D eigenvalue weighted by atomic mass is 10.2. The number of aliphatic imine (C=N–C) groups is 1. The monoisotopic (exact) mass is 391 g/mol. The Balaban J connectivity index is 1.84. The van der Waals surface area contributed by atoms with Gasteiger partial charge in [0, 0.05) is 33.7 Å². The van der Waals surface area contributed by atoms with E-state index in [1.54, 1.807) is 26.1 Å². The number of nitrogens with one attached hydrogen (secondary N) is 2. The minimum atomic E-state index is 0.00673. The first-order valence-corrected chi connectivity index (χ1v) is 9.74. The van der Waals surface area contributed by atoms with Gasteiger partial charge in [-0.15, -0.1) is 0 Å². The van der Waals surface area contributed by atoms with Crippen LogP contribution in [0.5, 0.6) is 5.75 Å². The molecule has 1 aromatic rings. The van der Waals surface area contributed by atoms with Gasteiger partial charge in [-0.25, -0.2) is 4.99 Å². The molecule has 2 N–H and O–H groups in total. The van der Waals surface area contributed by atoms with E-state index in [1.807, 2.05) is 24.3 Å². The van der Waals surface area contributed by atoms with Crippen molar-refractivity contribution in [2.45, 2.75) is 13.0 Å². The Kier molecular flexibility index (Phi) is 9.57. The smallest absolute Gasteiger partial charge is 0.241 e. The summed E-state index contributed by atoms with van der Waals surface area (Å²) in [4.78, 5) is 20.5. The van der Waals surface area contributed by atoms with Crippen molar-refractivity contribution in [2.75, 3.05) is 67.1 Å². The zero-order chi connectivity index (χ0) is 20.2. The van der Waals surface area contributed by atoms with Gasteiger partial charge in [-0.05, 0) is 30.7 Å². The molecule has 0 spiro atoms. The van der Waals surface area contributed by atoms with Crippen LogP contribution < -0.4 is 15.4 Å². The van der Waals surface area contributed by atoms with E-state index in [9.17, 15) is 4.79 Å². The fourth-order valence-electron chi connectivity index (χ4n) is 2.73. The van der Waals surface area contributed by atoms with Gasteiger partial charge in [0.15, 0.2) is 5.96 Å². The maximum absolute atomic E-state index is 11.9. The first kappa shape index (κ1) is 22.0. The SMILES string of the molecule is COc1ccc(CN=C(NCCCN2CCOCC2)NCC(=O)N(C)C)cc1. The molecule has 1 aliphatic rings. The number of carbonyl (C=O) groups is 1. The molecule has 2 rings (SSSR count). The van der Waals surface area contributed by atoms with Crippen molar-refractivity contribution in [2.24, 2.45) is 4.99 Å². The first-order chi connectivity index (χ1) is 13.6. The van der Waals surface area contributed by atoms with Crippen molar-refractivity contribution in [1.29, 1.82) is 0 Å². The molecule has 1 amide bonds. The van der Waals surface area contributed by atoms with Crippen LogP contribution in [0.15, 0.2) is 29.3 Å². The topological polar surface area (TPSA) is 78.4 Å². The van der Waals surface area contributed by atoms with Gasteiger partial charge >= 0.3 is 0 Å². The molecule has 0 aromatic heterocycles. The van der Waals surface area contributed by atoms with E-state index < -0.39 is 0 Å². The van der Waals surface area contributed by atoms with Gasteiger partial charge in [0.05, 0.1) is 33.4 Å². The summed E-state index contributed by atoms with van der Waals surface area (Å²) in [6, 6.07) is 7.82. The molecule has 0 radical (unpaired) electrons. The third-order valence-corrected chi connectivity index (χ3v) is 4.53. The third-order valence-electron chi connectivity index (χ3n) is 4.53. The molecular weight excluding hydrogens is 358 g/mol. The Morgan fingerprint density at radius 1 is 1.21 bits per heavy atom. The summed E-state index contributed by atoms with van der Waals surface area (Å²) in [7, 11) is 5.14. The summed E-state index contributed by atoms with van der Waals surface area (Å²) in [5, 5.41) is 6.45. The molecule has 0 unspecified atom stereocenters. The van der Waals surface area contributed by atoms with Gasteiger partial charge in [0.2, 0.25) is 5.91 Å². The average Bonchev–Trinajstić information content (AvgIpc) is 2.73. The van der Waals surface area contributed by atoms with E-state index in [0.717, 1.165) is 57.1 Å². The van der Waals surface area contributed by atoms with Gasteiger partial charge in [0.1, 0.15) is 5.75 Å². The third kappa shape index (κ3) is 8.14. The number of guanidine groups is 1. The van der Waals surface area contributed by atoms with Crippen LogP contribution in [-0.2, 0) is 16.1 Å². The Hall–Kier alpha value is -2.32.